The van der Waals surface area contributed by atoms with Gasteiger partial charge in [-0.05, 0) is 30.0 Å². The van der Waals surface area contributed by atoms with E-state index in [-0.39, 0.29) is 34.3 Å². The Morgan fingerprint density at radius 2 is 2.04 bits per heavy atom. The van der Waals surface area contributed by atoms with Crippen LogP contribution in [-0.2, 0) is 0 Å². The van der Waals surface area contributed by atoms with Crippen molar-refractivity contribution in [2.45, 2.75) is 18.4 Å². The van der Waals surface area contributed by atoms with E-state index in [4.69, 9.17) is 0 Å². The molecular formula is C18H14BrFN2O2. The van der Waals surface area contributed by atoms with Gasteiger partial charge in [-0.3, -0.25) is 10.1 Å². The van der Waals surface area contributed by atoms with E-state index in [1.807, 2.05) is 6.07 Å². The van der Waals surface area contributed by atoms with Crippen LogP contribution in [0.1, 0.15) is 29.5 Å². The quantitative estimate of drug-likeness (QED) is 0.430. The van der Waals surface area contributed by atoms with Crippen molar-refractivity contribution in [3.05, 3.63) is 80.1 Å². The monoisotopic (exact) mass is 388 g/mol. The zero-order valence-electron chi connectivity index (χ0n) is 12.6. The smallest absolute Gasteiger partial charge is 0.274 e. The fourth-order valence-corrected chi connectivity index (χ4v) is 4.29. The minimum absolute atomic E-state index is 0.0538. The lowest BCUT2D eigenvalue weighted by molar-refractivity contribution is -0.385. The predicted molar refractivity (Wildman–Crippen MR) is 93.5 cm³/mol. The zero-order chi connectivity index (χ0) is 16.8. The summed E-state index contributed by atoms with van der Waals surface area (Å²) in [6.45, 7) is 0. The number of anilines is 1. The molecule has 1 N–H and O–H groups in total. The van der Waals surface area contributed by atoms with Crippen LogP contribution in [0.2, 0.25) is 0 Å². The number of nitro groups is 1. The molecule has 0 spiro atoms. The minimum atomic E-state index is -0.373. The maximum absolute atomic E-state index is 14.5. The fourth-order valence-electron chi connectivity index (χ4n) is 3.85. The third-order valence-electron chi connectivity index (χ3n) is 4.85. The maximum atomic E-state index is 14.5. The van der Waals surface area contributed by atoms with Gasteiger partial charge >= 0.3 is 0 Å². The van der Waals surface area contributed by atoms with E-state index < -0.39 is 0 Å². The first-order valence-corrected chi connectivity index (χ1v) is 8.51. The second-order valence-corrected chi connectivity index (χ2v) is 7.06. The fraction of sp³-hybridized carbons (Fsp3) is 0.222. The van der Waals surface area contributed by atoms with Crippen molar-refractivity contribution >= 4 is 27.3 Å². The van der Waals surface area contributed by atoms with E-state index in [2.05, 4.69) is 33.4 Å². The summed E-state index contributed by atoms with van der Waals surface area (Å²) in [5.74, 6) is -0.160. The van der Waals surface area contributed by atoms with Crippen LogP contribution in [0.3, 0.4) is 0 Å². The van der Waals surface area contributed by atoms with Crippen LogP contribution in [0, 0.1) is 21.8 Å². The summed E-state index contributed by atoms with van der Waals surface area (Å²) in [6, 6.07) is 9.74. The van der Waals surface area contributed by atoms with E-state index in [1.165, 1.54) is 12.1 Å². The Labute approximate surface area is 146 Å². The molecule has 6 heteroatoms. The highest BCUT2D eigenvalue weighted by Gasteiger charge is 2.41. The number of nitrogens with one attached hydrogen (secondary N) is 1. The average Bonchev–Trinajstić information content (AvgIpc) is 3.04. The van der Waals surface area contributed by atoms with Gasteiger partial charge in [-0.1, -0.05) is 46.3 Å². The number of allylic oxidation sites excluding steroid dienone is 2. The van der Waals surface area contributed by atoms with Gasteiger partial charge in [0.1, 0.15) is 5.82 Å². The van der Waals surface area contributed by atoms with Gasteiger partial charge in [-0.25, -0.2) is 4.39 Å². The number of halogens is 2. The van der Waals surface area contributed by atoms with Crippen molar-refractivity contribution in [3.8, 4) is 0 Å². The lowest BCUT2D eigenvalue weighted by atomic mass is 9.76. The topological polar surface area (TPSA) is 55.2 Å². The van der Waals surface area contributed by atoms with Crippen LogP contribution in [-0.4, -0.2) is 4.92 Å². The molecule has 1 aliphatic carbocycles. The molecule has 0 fully saturated rings. The molecule has 0 saturated carbocycles. The molecule has 0 aromatic heterocycles. The van der Waals surface area contributed by atoms with Crippen LogP contribution in [0.25, 0.3) is 0 Å². The molecule has 0 unspecified atom stereocenters. The summed E-state index contributed by atoms with van der Waals surface area (Å²) in [5, 5.41) is 14.6. The van der Waals surface area contributed by atoms with Crippen LogP contribution in [0.15, 0.2) is 53.0 Å². The largest absolute Gasteiger partial charge is 0.375 e. The summed E-state index contributed by atoms with van der Waals surface area (Å²) >= 11 is 3.35. The second kappa shape index (κ2) is 5.70. The summed E-state index contributed by atoms with van der Waals surface area (Å²) in [7, 11) is 0. The number of nitrogens with zero attached hydrogens (tertiary/aromatic N) is 1. The van der Waals surface area contributed by atoms with E-state index in [1.54, 1.807) is 18.2 Å². The van der Waals surface area contributed by atoms with Crippen molar-refractivity contribution < 1.29 is 9.31 Å². The Kier molecular flexibility index (Phi) is 3.64. The van der Waals surface area contributed by atoms with Crippen molar-refractivity contribution in [1.82, 2.24) is 0 Å². The van der Waals surface area contributed by atoms with Gasteiger partial charge in [0.15, 0.2) is 0 Å². The van der Waals surface area contributed by atoms with Gasteiger partial charge < -0.3 is 5.32 Å². The van der Waals surface area contributed by atoms with E-state index in [0.29, 0.717) is 15.7 Å². The average molecular weight is 389 g/mol. The van der Waals surface area contributed by atoms with Gasteiger partial charge in [-0.15, -0.1) is 0 Å². The van der Waals surface area contributed by atoms with Gasteiger partial charge in [0, 0.05) is 16.5 Å². The predicted octanol–water partition coefficient (Wildman–Crippen LogP) is 5.32. The molecule has 1 heterocycles. The lowest BCUT2D eigenvalue weighted by Crippen LogP contribution is -2.30. The molecule has 3 atom stereocenters. The molecule has 2 aliphatic rings. The molecule has 1 aliphatic heterocycles. The number of nitro benzene ring substituents is 1. The highest BCUT2D eigenvalue weighted by Crippen LogP contribution is 2.52. The van der Waals surface area contributed by atoms with Crippen molar-refractivity contribution in [3.63, 3.8) is 0 Å². The Morgan fingerprint density at radius 1 is 1.25 bits per heavy atom. The second-order valence-electron chi connectivity index (χ2n) is 6.14. The number of fused-ring (bicyclic) bond motifs is 3. The molecule has 4 rings (SSSR count). The molecule has 122 valence electrons. The SMILES string of the molecule is O=[N+]([O-])c1ccccc1[C@@H]1Nc2c(F)cc(Br)cc2[C@H]2C=CC[C@@H]21. The van der Waals surface area contributed by atoms with E-state index >= 15 is 0 Å². The standard InChI is InChI=1S/C18H14BrFN2O2/c19-10-8-14-11-5-3-6-12(11)17(21-18(14)15(20)9-10)13-4-1-2-7-16(13)22(23)24/h1-5,7-9,11-12,17,21H,6H2/t11-,12-,17+/m0/s1. The molecule has 0 radical (unpaired) electrons. The van der Waals surface area contributed by atoms with Gasteiger partial charge in [0.25, 0.3) is 5.69 Å². The third kappa shape index (κ3) is 2.33. The number of benzene rings is 2. The third-order valence-corrected chi connectivity index (χ3v) is 5.31. The maximum Gasteiger partial charge on any atom is 0.274 e. The Balaban J connectivity index is 1.86. The van der Waals surface area contributed by atoms with Crippen molar-refractivity contribution in [2.24, 2.45) is 5.92 Å². The molecule has 0 bridgehead atoms. The number of rotatable bonds is 2. The Bertz CT molecular complexity index is 868. The lowest BCUT2D eigenvalue weighted by Gasteiger charge is -2.37. The Hall–Kier alpha value is -2.21. The summed E-state index contributed by atoms with van der Waals surface area (Å²) < 4.78 is 15.2. The van der Waals surface area contributed by atoms with Crippen LogP contribution in [0.4, 0.5) is 15.8 Å². The first-order chi connectivity index (χ1) is 11.6. The minimum Gasteiger partial charge on any atom is -0.375 e. The molecule has 2 aromatic carbocycles. The molecular weight excluding hydrogens is 375 g/mol. The van der Waals surface area contributed by atoms with Crippen molar-refractivity contribution in [2.75, 3.05) is 5.32 Å². The highest BCUT2D eigenvalue weighted by atomic mass is 79.9. The van der Waals surface area contributed by atoms with Gasteiger partial charge in [0.2, 0.25) is 0 Å². The summed E-state index contributed by atoms with van der Waals surface area (Å²) in [5.41, 5.74) is 2.01. The van der Waals surface area contributed by atoms with Crippen LogP contribution in [0.5, 0.6) is 0 Å². The number of para-hydroxylation sites is 1. The summed E-state index contributed by atoms with van der Waals surface area (Å²) in [6.07, 6.45) is 4.96. The molecule has 0 amide bonds. The zero-order valence-corrected chi connectivity index (χ0v) is 14.2. The Morgan fingerprint density at radius 3 is 2.83 bits per heavy atom. The molecule has 4 nitrogen and oxygen atoms in total. The highest BCUT2D eigenvalue weighted by molar-refractivity contribution is 9.10. The van der Waals surface area contributed by atoms with E-state index in [0.717, 1.165) is 12.0 Å². The van der Waals surface area contributed by atoms with E-state index in [9.17, 15) is 14.5 Å². The van der Waals surface area contributed by atoms with Gasteiger partial charge in [-0.2, -0.15) is 0 Å². The normalized spacial score (nSPS) is 24.2. The number of hydrogen-bond donors (Lipinski definition) is 1. The van der Waals surface area contributed by atoms with Gasteiger partial charge in [0.05, 0.1) is 22.2 Å². The van der Waals surface area contributed by atoms with Crippen LogP contribution >= 0.6 is 15.9 Å². The first-order valence-electron chi connectivity index (χ1n) is 7.71. The summed E-state index contributed by atoms with van der Waals surface area (Å²) in [4.78, 5) is 11.0. The van der Waals surface area contributed by atoms with Crippen LogP contribution < -0.4 is 5.32 Å². The molecule has 2 aromatic rings. The molecule has 24 heavy (non-hydrogen) atoms. The first kappa shape index (κ1) is 15.3. The number of hydrogen-bond acceptors (Lipinski definition) is 3. The van der Waals surface area contributed by atoms with Crippen molar-refractivity contribution in [1.29, 1.82) is 0 Å². The molecule has 0 saturated heterocycles.